The highest BCUT2D eigenvalue weighted by Crippen LogP contribution is 2.22. The largest absolute Gasteiger partial charge is 0.476 e. The van der Waals surface area contributed by atoms with Crippen LogP contribution in [0.4, 0.5) is 5.95 Å². The van der Waals surface area contributed by atoms with Crippen molar-refractivity contribution in [1.29, 1.82) is 0 Å². The summed E-state index contributed by atoms with van der Waals surface area (Å²) in [5, 5.41) is 3.23. The van der Waals surface area contributed by atoms with Gasteiger partial charge in [0, 0.05) is 20.6 Å². The molecular formula is C11H18ClN3O2. The maximum Gasteiger partial charge on any atom is 0.237 e. The highest BCUT2D eigenvalue weighted by molar-refractivity contribution is 6.31. The quantitative estimate of drug-likeness (QED) is 0.850. The predicted molar refractivity (Wildman–Crippen MR) is 67.8 cm³/mol. The number of anilines is 1. The van der Waals surface area contributed by atoms with E-state index in [1.165, 1.54) is 6.20 Å². The van der Waals surface area contributed by atoms with Crippen LogP contribution in [0.1, 0.15) is 20.3 Å². The highest BCUT2D eigenvalue weighted by Gasteiger charge is 2.16. The van der Waals surface area contributed by atoms with E-state index in [1.807, 2.05) is 13.8 Å². The molecule has 0 spiro atoms. The number of hydrogen-bond donors (Lipinski definition) is 1. The van der Waals surface area contributed by atoms with Crippen molar-refractivity contribution in [1.82, 2.24) is 9.97 Å². The Morgan fingerprint density at radius 1 is 1.47 bits per heavy atom. The molecule has 0 aliphatic heterocycles. The molecule has 0 aliphatic carbocycles. The zero-order valence-corrected chi connectivity index (χ0v) is 11.3. The number of hydrogen-bond acceptors (Lipinski definition) is 5. The highest BCUT2D eigenvalue weighted by atomic mass is 35.5. The van der Waals surface area contributed by atoms with Crippen LogP contribution in [-0.2, 0) is 4.74 Å². The third kappa shape index (κ3) is 4.36. The first-order valence-corrected chi connectivity index (χ1v) is 5.74. The van der Waals surface area contributed by atoms with Crippen molar-refractivity contribution in [3.63, 3.8) is 0 Å². The van der Waals surface area contributed by atoms with Crippen molar-refractivity contribution in [3.8, 4) is 5.88 Å². The SMILES string of the molecule is CNc1ncc(Cl)c(OCCC(C)(C)OC)n1. The van der Waals surface area contributed by atoms with Crippen molar-refractivity contribution < 1.29 is 9.47 Å². The molecule has 0 bridgehead atoms. The van der Waals surface area contributed by atoms with Gasteiger partial charge in [0.15, 0.2) is 0 Å². The van der Waals surface area contributed by atoms with Gasteiger partial charge in [0.1, 0.15) is 5.02 Å². The molecular weight excluding hydrogens is 242 g/mol. The lowest BCUT2D eigenvalue weighted by Gasteiger charge is -2.22. The number of halogens is 1. The van der Waals surface area contributed by atoms with Crippen LogP contribution in [0.3, 0.4) is 0 Å². The molecule has 0 aliphatic rings. The number of aromatic nitrogens is 2. The molecule has 1 aromatic rings. The maximum absolute atomic E-state index is 5.93. The second-order valence-corrected chi connectivity index (χ2v) is 4.57. The number of methoxy groups -OCH3 is 1. The van der Waals surface area contributed by atoms with Gasteiger partial charge in [0.05, 0.1) is 18.4 Å². The Morgan fingerprint density at radius 2 is 2.18 bits per heavy atom. The summed E-state index contributed by atoms with van der Waals surface area (Å²) in [6.45, 7) is 4.48. The van der Waals surface area contributed by atoms with E-state index in [-0.39, 0.29) is 5.60 Å². The van der Waals surface area contributed by atoms with Crippen molar-refractivity contribution in [2.24, 2.45) is 0 Å². The first-order chi connectivity index (χ1) is 7.98. The Balaban J connectivity index is 2.57. The summed E-state index contributed by atoms with van der Waals surface area (Å²) in [4.78, 5) is 8.09. The third-order valence-electron chi connectivity index (χ3n) is 2.43. The standard InChI is InChI=1S/C11H18ClN3O2/c1-11(2,16-4)5-6-17-9-8(12)7-14-10(13-3)15-9/h7H,5-6H2,1-4H3,(H,13,14,15). The molecule has 17 heavy (non-hydrogen) atoms. The van der Waals surface area contributed by atoms with Gasteiger partial charge in [-0.15, -0.1) is 0 Å². The molecule has 1 aromatic heterocycles. The lowest BCUT2D eigenvalue weighted by molar-refractivity contribution is 0.00510. The van der Waals surface area contributed by atoms with Crippen molar-refractivity contribution in [3.05, 3.63) is 11.2 Å². The minimum absolute atomic E-state index is 0.217. The second-order valence-electron chi connectivity index (χ2n) is 4.16. The molecule has 0 saturated heterocycles. The van der Waals surface area contributed by atoms with Gasteiger partial charge >= 0.3 is 0 Å². The van der Waals surface area contributed by atoms with E-state index < -0.39 is 0 Å². The molecule has 0 radical (unpaired) electrons. The van der Waals surface area contributed by atoms with E-state index >= 15 is 0 Å². The molecule has 0 aromatic carbocycles. The van der Waals surface area contributed by atoms with Gasteiger partial charge in [-0.05, 0) is 13.8 Å². The molecule has 6 heteroatoms. The van der Waals surface area contributed by atoms with Gasteiger partial charge in [-0.25, -0.2) is 4.98 Å². The second kappa shape index (κ2) is 6.02. The Hall–Kier alpha value is -1.07. The van der Waals surface area contributed by atoms with Gasteiger partial charge < -0.3 is 14.8 Å². The molecule has 1 rings (SSSR count). The summed E-state index contributed by atoms with van der Waals surface area (Å²) in [7, 11) is 3.41. The summed E-state index contributed by atoms with van der Waals surface area (Å²) >= 11 is 5.93. The number of nitrogens with zero attached hydrogens (tertiary/aromatic N) is 2. The van der Waals surface area contributed by atoms with Crippen molar-refractivity contribution in [2.45, 2.75) is 25.9 Å². The van der Waals surface area contributed by atoms with E-state index in [2.05, 4.69) is 15.3 Å². The normalized spacial score (nSPS) is 11.4. The third-order valence-corrected chi connectivity index (χ3v) is 2.69. The van der Waals surface area contributed by atoms with Crippen LogP contribution >= 0.6 is 11.6 Å². The van der Waals surface area contributed by atoms with Gasteiger partial charge in [0.25, 0.3) is 0 Å². The molecule has 0 amide bonds. The summed E-state index contributed by atoms with van der Waals surface area (Å²) in [5.74, 6) is 0.869. The number of ether oxygens (including phenoxy) is 2. The molecule has 0 saturated carbocycles. The molecule has 0 fully saturated rings. The fourth-order valence-electron chi connectivity index (χ4n) is 1.07. The van der Waals surface area contributed by atoms with E-state index in [9.17, 15) is 0 Å². The summed E-state index contributed by atoms with van der Waals surface area (Å²) in [6.07, 6.45) is 2.26. The lowest BCUT2D eigenvalue weighted by atomic mass is 10.1. The molecule has 96 valence electrons. The fourth-order valence-corrected chi connectivity index (χ4v) is 1.21. The minimum atomic E-state index is -0.217. The smallest absolute Gasteiger partial charge is 0.237 e. The van der Waals surface area contributed by atoms with Crippen LogP contribution < -0.4 is 10.1 Å². The zero-order chi connectivity index (χ0) is 12.9. The lowest BCUT2D eigenvalue weighted by Crippen LogP contribution is -2.25. The first kappa shape index (κ1) is 14.0. The topological polar surface area (TPSA) is 56.3 Å². The van der Waals surface area contributed by atoms with Crippen molar-refractivity contribution in [2.75, 3.05) is 26.1 Å². The monoisotopic (exact) mass is 259 g/mol. The summed E-state index contributed by atoms with van der Waals surface area (Å²) < 4.78 is 10.8. The van der Waals surface area contributed by atoms with E-state index in [0.29, 0.717) is 23.5 Å². The van der Waals surface area contributed by atoms with Crippen LogP contribution in [0, 0.1) is 0 Å². The Bertz CT molecular complexity index is 372. The molecule has 0 atom stereocenters. The Morgan fingerprint density at radius 3 is 2.76 bits per heavy atom. The summed E-state index contributed by atoms with van der Waals surface area (Å²) in [6, 6.07) is 0. The average Bonchev–Trinajstić information content (AvgIpc) is 2.31. The predicted octanol–water partition coefficient (Wildman–Crippen LogP) is 2.37. The molecule has 5 nitrogen and oxygen atoms in total. The van der Waals surface area contributed by atoms with Gasteiger partial charge in [-0.1, -0.05) is 11.6 Å². The van der Waals surface area contributed by atoms with Crippen LogP contribution in [-0.4, -0.2) is 36.3 Å². The average molecular weight is 260 g/mol. The van der Waals surface area contributed by atoms with E-state index in [0.717, 1.165) is 6.42 Å². The first-order valence-electron chi connectivity index (χ1n) is 5.37. The van der Waals surface area contributed by atoms with Crippen molar-refractivity contribution >= 4 is 17.5 Å². The van der Waals surface area contributed by atoms with Gasteiger partial charge in [-0.3, -0.25) is 0 Å². The van der Waals surface area contributed by atoms with Crippen LogP contribution in [0.15, 0.2) is 6.20 Å². The van der Waals surface area contributed by atoms with E-state index in [4.69, 9.17) is 21.1 Å². The van der Waals surface area contributed by atoms with Gasteiger partial charge in [0.2, 0.25) is 11.8 Å². The Labute approximate surface area is 107 Å². The molecule has 1 N–H and O–H groups in total. The summed E-state index contributed by atoms with van der Waals surface area (Å²) in [5.41, 5.74) is -0.217. The van der Waals surface area contributed by atoms with Gasteiger partial charge in [-0.2, -0.15) is 4.98 Å². The number of nitrogens with one attached hydrogen (secondary N) is 1. The van der Waals surface area contributed by atoms with E-state index in [1.54, 1.807) is 14.2 Å². The minimum Gasteiger partial charge on any atom is -0.476 e. The van der Waals surface area contributed by atoms with Crippen LogP contribution in [0.5, 0.6) is 5.88 Å². The van der Waals surface area contributed by atoms with Crippen LogP contribution in [0.2, 0.25) is 5.02 Å². The maximum atomic E-state index is 5.93. The molecule has 1 heterocycles. The fraction of sp³-hybridized carbons (Fsp3) is 0.636. The Kier molecular flexibility index (Phi) is 4.96. The zero-order valence-electron chi connectivity index (χ0n) is 10.6. The number of rotatable bonds is 6. The van der Waals surface area contributed by atoms with Crippen LogP contribution in [0.25, 0.3) is 0 Å². The molecule has 0 unspecified atom stereocenters.